The number of alkyl carbamates (subject to hydrolysis) is 1. The first-order valence-corrected chi connectivity index (χ1v) is 12.0. The third-order valence-corrected chi connectivity index (χ3v) is 6.17. The molecule has 0 fully saturated rings. The molecule has 7 nitrogen and oxygen atoms in total. The van der Waals surface area contributed by atoms with Crippen LogP contribution in [0.2, 0.25) is 0 Å². The first-order chi connectivity index (χ1) is 16.6. The van der Waals surface area contributed by atoms with Gasteiger partial charge in [-0.1, -0.05) is 42.3 Å². The summed E-state index contributed by atoms with van der Waals surface area (Å²) in [6.07, 6.45) is -0.466. The fourth-order valence-corrected chi connectivity index (χ4v) is 4.37. The Hall–Kier alpha value is -3.96. The van der Waals surface area contributed by atoms with Gasteiger partial charge >= 0.3 is 6.09 Å². The highest BCUT2D eigenvalue weighted by molar-refractivity contribution is 7.13. The Balaban J connectivity index is 1.43. The molecule has 0 saturated carbocycles. The van der Waals surface area contributed by atoms with Gasteiger partial charge in [0.25, 0.3) is 11.8 Å². The SMILES string of the molecule is C[C@H](NC(=O)OC(C)(C)C)c1ccc(-c2scnc2C#CCN2C(=O)c3ccccc3C2=O)cc1. The van der Waals surface area contributed by atoms with E-state index < -0.39 is 11.7 Å². The minimum Gasteiger partial charge on any atom is -0.444 e. The summed E-state index contributed by atoms with van der Waals surface area (Å²) in [6, 6.07) is 14.3. The van der Waals surface area contributed by atoms with Crippen LogP contribution in [-0.4, -0.2) is 39.9 Å². The highest BCUT2D eigenvalue weighted by Gasteiger charge is 2.34. The molecule has 1 aromatic heterocycles. The summed E-state index contributed by atoms with van der Waals surface area (Å²) in [7, 11) is 0. The Morgan fingerprint density at radius 3 is 2.31 bits per heavy atom. The van der Waals surface area contributed by atoms with E-state index in [1.807, 2.05) is 52.0 Å². The lowest BCUT2D eigenvalue weighted by atomic mass is 10.0. The average Bonchev–Trinajstić information content (AvgIpc) is 3.37. The third kappa shape index (κ3) is 5.42. The number of hydrogen-bond acceptors (Lipinski definition) is 6. The molecule has 4 rings (SSSR count). The first kappa shape index (κ1) is 24.2. The van der Waals surface area contributed by atoms with E-state index in [4.69, 9.17) is 4.74 Å². The Morgan fingerprint density at radius 2 is 1.71 bits per heavy atom. The zero-order valence-corrected chi connectivity index (χ0v) is 20.7. The summed E-state index contributed by atoms with van der Waals surface area (Å²) in [5.74, 6) is 5.26. The number of fused-ring (bicyclic) bond motifs is 1. The molecule has 3 amide bonds. The Bertz CT molecular complexity index is 1310. The largest absolute Gasteiger partial charge is 0.444 e. The molecule has 8 heteroatoms. The van der Waals surface area contributed by atoms with Crippen molar-refractivity contribution in [2.45, 2.75) is 39.3 Å². The van der Waals surface area contributed by atoms with Crippen molar-refractivity contribution in [1.29, 1.82) is 0 Å². The molecule has 0 aliphatic carbocycles. The molecule has 2 heterocycles. The van der Waals surface area contributed by atoms with Gasteiger partial charge in [0.1, 0.15) is 11.3 Å². The topological polar surface area (TPSA) is 88.6 Å². The fourth-order valence-electron chi connectivity index (χ4n) is 3.62. The third-order valence-electron chi connectivity index (χ3n) is 5.30. The number of imide groups is 1. The number of carbonyl (C=O) groups is 3. The standard InChI is InChI=1S/C27H25N3O4S/c1-17(29-26(33)34-27(2,3)4)18-11-13-19(14-12-18)23-22(28-16-35-23)10-7-15-30-24(31)20-8-5-6-9-21(20)25(30)32/h5-6,8-9,11-14,16-17H,15H2,1-4H3,(H,29,33)/t17-/m0/s1. The molecular formula is C27H25N3O4S. The van der Waals surface area contributed by atoms with Crippen LogP contribution in [0.4, 0.5) is 4.79 Å². The van der Waals surface area contributed by atoms with E-state index in [9.17, 15) is 14.4 Å². The fraction of sp³-hybridized carbons (Fsp3) is 0.259. The van der Waals surface area contributed by atoms with Crippen molar-refractivity contribution in [3.05, 3.63) is 76.4 Å². The van der Waals surface area contributed by atoms with Crippen molar-refractivity contribution < 1.29 is 19.1 Å². The van der Waals surface area contributed by atoms with Gasteiger partial charge in [0, 0.05) is 0 Å². The zero-order valence-electron chi connectivity index (χ0n) is 19.9. The maximum Gasteiger partial charge on any atom is 0.408 e. The molecule has 0 bridgehead atoms. The summed E-state index contributed by atoms with van der Waals surface area (Å²) < 4.78 is 5.32. The predicted molar refractivity (Wildman–Crippen MR) is 134 cm³/mol. The number of hydrogen-bond donors (Lipinski definition) is 1. The van der Waals surface area contributed by atoms with E-state index in [0.29, 0.717) is 16.8 Å². The van der Waals surface area contributed by atoms with Crippen LogP contribution >= 0.6 is 11.3 Å². The van der Waals surface area contributed by atoms with Gasteiger partial charge in [0.15, 0.2) is 0 Å². The number of ether oxygens (including phenoxy) is 1. The highest BCUT2D eigenvalue weighted by Crippen LogP contribution is 2.29. The lowest BCUT2D eigenvalue weighted by Crippen LogP contribution is -2.34. The number of nitrogens with one attached hydrogen (secondary N) is 1. The molecule has 3 aromatic rings. The zero-order chi connectivity index (χ0) is 25.2. The average molecular weight is 488 g/mol. The summed E-state index contributed by atoms with van der Waals surface area (Å²) in [6.45, 7) is 7.35. The molecular weight excluding hydrogens is 462 g/mol. The Morgan fingerprint density at radius 1 is 1.09 bits per heavy atom. The molecule has 178 valence electrons. The Labute approximate surface area is 208 Å². The number of thiazole rings is 1. The second-order valence-corrected chi connectivity index (χ2v) is 9.92. The van der Waals surface area contributed by atoms with Gasteiger partial charge in [-0.05, 0) is 56.9 Å². The van der Waals surface area contributed by atoms with Crippen molar-refractivity contribution in [1.82, 2.24) is 15.2 Å². The molecule has 0 saturated heterocycles. The lowest BCUT2D eigenvalue weighted by molar-refractivity contribution is 0.0507. The van der Waals surface area contributed by atoms with Gasteiger partial charge in [-0.15, -0.1) is 11.3 Å². The van der Waals surface area contributed by atoms with Gasteiger partial charge in [-0.25, -0.2) is 9.78 Å². The number of nitrogens with zero attached hydrogens (tertiary/aromatic N) is 2. The van der Waals surface area contributed by atoms with E-state index >= 15 is 0 Å². The molecule has 0 spiro atoms. The second kappa shape index (κ2) is 9.72. The molecule has 2 aromatic carbocycles. The van der Waals surface area contributed by atoms with Crippen LogP contribution in [-0.2, 0) is 4.74 Å². The minimum atomic E-state index is -0.559. The molecule has 0 radical (unpaired) electrons. The normalized spacial score (nSPS) is 13.7. The molecule has 0 unspecified atom stereocenters. The number of aromatic nitrogens is 1. The van der Waals surface area contributed by atoms with Crippen LogP contribution in [0.3, 0.4) is 0 Å². The van der Waals surface area contributed by atoms with Crippen LogP contribution in [0.25, 0.3) is 10.4 Å². The van der Waals surface area contributed by atoms with E-state index in [1.54, 1.807) is 29.8 Å². The molecule has 1 atom stereocenters. The summed E-state index contributed by atoms with van der Waals surface area (Å²) in [4.78, 5) is 43.4. The van der Waals surface area contributed by atoms with Gasteiger partial charge in [-0.2, -0.15) is 0 Å². The number of amides is 3. The maximum atomic E-state index is 12.5. The molecule has 1 aliphatic rings. The molecule has 35 heavy (non-hydrogen) atoms. The highest BCUT2D eigenvalue weighted by atomic mass is 32.1. The number of carbonyl (C=O) groups excluding carboxylic acids is 3. The van der Waals surface area contributed by atoms with Crippen molar-refractivity contribution >= 4 is 29.2 Å². The van der Waals surface area contributed by atoms with Crippen molar-refractivity contribution in [3.63, 3.8) is 0 Å². The van der Waals surface area contributed by atoms with Gasteiger partial charge < -0.3 is 10.1 Å². The lowest BCUT2D eigenvalue weighted by Gasteiger charge is -2.22. The van der Waals surface area contributed by atoms with Gasteiger partial charge in [0.2, 0.25) is 0 Å². The molecule has 1 aliphatic heterocycles. The summed E-state index contributed by atoms with van der Waals surface area (Å²) >= 11 is 1.46. The van der Waals surface area contributed by atoms with Crippen LogP contribution in [0, 0.1) is 11.8 Å². The van der Waals surface area contributed by atoms with E-state index in [2.05, 4.69) is 22.1 Å². The van der Waals surface area contributed by atoms with Crippen LogP contribution in [0.5, 0.6) is 0 Å². The van der Waals surface area contributed by atoms with Crippen LogP contribution < -0.4 is 5.32 Å². The summed E-state index contributed by atoms with van der Waals surface area (Å²) in [5, 5.41) is 2.83. The van der Waals surface area contributed by atoms with Crippen molar-refractivity contribution in [2.75, 3.05) is 6.54 Å². The van der Waals surface area contributed by atoms with E-state index in [0.717, 1.165) is 20.9 Å². The van der Waals surface area contributed by atoms with Gasteiger partial charge in [-0.3, -0.25) is 14.5 Å². The van der Waals surface area contributed by atoms with Crippen molar-refractivity contribution in [3.8, 4) is 22.3 Å². The van der Waals surface area contributed by atoms with E-state index in [-0.39, 0.29) is 24.4 Å². The number of rotatable bonds is 4. The van der Waals surface area contributed by atoms with Crippen molar-refractivity contribution in [2.24, 2.45) is 0 Å². The predicted octanol–water partition coefficient (Wildman–Crippen LogP) is 5.04. The van der Waals surface area contributed by atoms with Crippen LogP contribution in [0.15, 0.2) is 54.0 Å². The quantitative estimate of drug-likeness (QED) is 0.411. The second-order valence-electron chi connectivity index (χ2n) is 9.06. The Kier molecular flexibility index (Phi) is 6.72. The monoisotopic (exact) mass is 487 g/mol. The molecule has 1 N–H and O–H groups in total. The summed E-state index contributed by atoms with van der Waals surface area (Å²) in [5.41, 5.74) is 4.42. The smallest absolute Gasteiger partial charge is 0.408 e. The van der Waals surface area contributed by atoms with Crippen LogP contribution in [0.1, 0.15) is 65.7 Å². The minimum absolute atomic E-state index is 0.00387. The van der Waals surface area contributed by atoms with E-state index in [1.165, 1.54) is 11.3 Å². The number of benzene rings is 2. The maximum absolute atomic E-state index is 12.5. The first-order valence-electron chi connectivity index (χ1n) is 11.1. The van der Waals surface area contributed by atoms with Gasteiger partial charge in [0.05, 0.1) is 34.1 Å².